The zero-order valence-corrected chi connectivity index (χ0v) is 6.39. The van der Waals surface area contributed by atoms with Gasteiger partial charge >= 0.3 is 5.97 Å². The Balaban J connectivity index is 2.45. The lowest BCUT2D eigenvalue weighted by Crippen LogP contribution is -2.36. The number of aliphatic hydroxyl groups excluding tert-OH is 2. The van der Waals surface area contributed by atoms with Gasteiger partial charge in [0, 0.05) is 0 Å². The van der Waals surface area contributed by atoms with Crippen LogP contribution in [-0.4, -0.2) is 45.3 Å². The normalized spacial score (nSPS) is 37.3. The number of ether oxygens (including phenoxy) is 1. The van der Waals surface area contributed by atoms with Crippen molar-refractivity contribution >= 4 is 11.7 Å². The second kappa shape index (κ2) is 2.30. The molecule has 1 aliphatic carbocycles. The van der Waals surface area contributed by atoms with E-state index in [1.165, 1.54) is 0 Å². The molecule has 6 nitrogen and oxygen atoms in total. The Labute approximate surface area is 72.6 Å². The van der Waals surface area contributed by atoms with E-state index in [1.807, 2.05) is 0 Å². The fourth-order valence-electron chi connectivity index (χ4n) is 1.40. The van der Waals surface area contributed by atoms with Crippen LogP contribution in [0.25, 0.3) is 0 Å². The van der Waals surface area contributed by atoms with Crippen LogP contribution >= 0.6 is 0 Å². The van der Waals surface area contributed by atoms with E-state index >= 15 is 0 Å². The van der Waals surface area contributed by atoms with E-state index in [4.69, 9.17) is 15.3 Å². The molecule has 6 heteroatoms. The van der Waals surface area contributed by atoms with Crippen LogP contribution in [0.5, 0.6) is 0 Å². The average molecular weight is 185 g/mol. The van der Waals surface area contributed by atoms with E-state index in [2.05, 4.69) is 0 Å². The van der Waals surface area contributed by atoms with Gasteiger partial charge in [-0.2, -0.15) is 0 Å². The number of carboxylic acids is 1. The molecule has 1 heterocycles. The molecule has 0 aromatic heterocycles. The van der Waals surface area contributed by atoms with Crippen LogP contribution < -0.4 is 0 Å². The van der Waals surface area contributed by atoms with Gasteiger partial charge in [0.2, 0.25) is 0 Å². The van der Waals surface area contributed by atoms with Crippen LogP contribution in [0.15, 0.2) is 11.3 Å². The zero-order valence-electron chi connectivity index (χ0n) is 6.39. The van der Waals surface area contributed by atoms with Crippen molar-refractivity contribution in [1.82, 2.24) is 0 Å². The Hall–Kier alpha value is -1.40. The molecule has 2 aliphatic rings. The highest BCUT2D eigenvalue weighted by atomic mass is 16.6. The highest BCUT2D eigenvalue weighted by molar-refractivity contribution is 6.21. The van der Waals surface area contributed by atoms with Crippen LogP contribution in [0.4, 0.5) is 0 Å². The van der Waals surface area contributed by atoms with Crippen LogP contribution in [0.3, 0.4) is 0 Å². The molecule has 1 fully saturated rings. The van der Waals surface area contributed by atoms with Crippen LogP contribution in [0.2, 0.25) is 0 Å². The molecule has 0 amide bonds. The molecular weight excluding hydrogens is 178 g/mol. The number of fused-ring (bicyclic) bond motifs is 1. The summed E-state index contributed by atoms with van der Waals surface area (Å²) >= 11 is 0. The highest BCUT2D eigenvalue weighted by Gasteiger charge is 2.55. The van der Waals surface area contributed by atoms with Gasteiger partial charge in [-0.25, -0.2) is 4.79 Å². The van der Waals surface area contributed by atoms with Gasteiger partial charge in [0.15, 0.2) is 0 Å². The molecule has 1 aliphatic heterocycles. The average Bonchev–Trinajstić information content (AvgIpc) is 2.79. The second-order valence-corrected chi connectivity index (χ2v) is 2.95. The molecule has 1 saturated heterocycles. The van der Waals surface area contributed by atoms with Crippen molar-refractivity contribution in [3.63, 3.8) is 0 Å². The van der Waals surface area contributed by atoms with Crippen LogP contribution in [0, 0.1) is 5.41 Å². The van der Waals surface area contributed by atoms with E-state index in [0.717, 1.165) is 0 Å². The Morgan fingerprint density at radius 2 is 2.15 bits per heavy atom. The first-order valence-corrected chi connectivity index (χ1v) is 3.62. The number of aliphatic hydroxyl groups is 2. The van der Waals surface area contributed by atoms with Gasteiger partial charge in [-0.1, -0.05) is 0 Å². The van der Waals surface area contributed by atoms with Crippen molar-refractivity contribution in [1.29, 1.82) is 5.41 Å². The second-order valence-electron chi connectivity index (χ2n) is 2.95. The maximum atomic E-state index is 10.6. The van der Waals surface area contributed by atoms with Crippen molar-refractivity contribution in [2.24, 2.45) is 0 Å². The van der Waals surface area contributed by atoms with E-state index in [1.54, 1.807) is 0 Å². The minimum Gasteiger partial charge on any atom is -0.508 e. The molecule has 0 aromatic rings. The molecule has 0 spiro atoms. The summed E-state index contributed by atoms with van der Waals surface area (Å²) < 4.78 is 4.79. The van der Waals surface area contributed by atoms with Gasteiger partial charge in [-0.15, -0.1) is 0 Å². The predicted molar refractivity (Wildman–Crippen MR) is 39.7 cm³/mol. The number of carboxylic acid groups (broad SMARTS) is 1. The van der Waals surface area contributed by atoms with Crippen LogP contribution in [0.1, 0.15) is 0 Å². The van der Waals surface area contributed by atoms with E-state index in [-0.39, 0.29) is 0 Å². The molecule has 4 N–H and O–H groups in total. The largest absolute Gasteiger partial charge is 0.508 e. The highest BCUT2D eigenvalue weighted by Crippen LogP contribution is 2.37. The summed E-state index contributed by atoms with van der Waals surface area (Å²) in [6.45, 7) is 0. The summed E-state index contributed by atoms with van der Waals surface area (Å²) in [5.41, 5.74) is -1.05. The third kappa shape index (κ3) is 0.958. The molecule has 70 valence electrons. The van der Waals surface area contributed by atoms with Gasteiger partial charge in [-0.05, 0) is 0 Å². The van der Waals surface area contributed by atoms with Crippen molar-refractivity contribution in [3.8, 4) is 0 Å². The fourth-order valence-corrected chi connectivity index (χ4v) is 1.40. The summed E-state index contributed by atoms with van der Waals surface area (Å²) in [5, 5.41) is 34.4. The molecule has 0 saturated carbocycles. The van der Waals surface area contributed by atoms with Crippen LogP contribution in [-0.2, 0) is 9.53 Å². The Morgan fingerprint density at radius 1 is 1.54 bits per heavy atom. The molecular formula is C7H7NO5. The maximum Gasteiger partial charge on any atom is 0.341 e. The zero-order chi connectivity index (χ0) is 9.75. The Bertz CT molecular complexity index is 334. The molecule has 0 aromatic carbocycles. The Kier molecular flexibility index (Phi) is 1.45. The van der Waals surface area contributed by atoms with Crippen molar-refractivity contribution in [2.45, 2.75) is 18.3 Å². The fraction of sp³-hybridized carbons (Fsp3) is 0.429. The summed E-state index contributed by atoms with van der Waals surface area (Å²) in [5.74, 6) is -1.89. The first-order valence-electron chi connectivity index (χ1n) is 3.62. The number of hydrogen-bond donors (Lipinski definition) is 4. The van der Waals surface area contributed by atoms with Gasteiger partial charge < -0.3 is 25.5 Å². The topological polar surface area (TPSA) is 114 Å². The molecule has 0 bridgehead atoms. The summed E-state index contributed by atoms with van der Waals surface area (Å²) in [4.78, 5) is 10.6. The lowest BCUT2D eigenvalue weighted by atomic mass is 9.93. The number of hydrogen-bond acceptors (Lipinski definition) is 5. The summed E-state index contributed by atoms with van der Waals surface area (Å²) in [6.07, 6.45) is -2.63. The predicted octanol–water partition coefficient (Wildman–Crippen LogP) is -0.955. The Morgan fingerprint density at radius 3 is 2.69 bits per heavy atom. The number of rotatable bonds is 1. The van der Waals surface area contributed by atoms with E-state index in [0.29, 0.717) is 0 Å². The quantitative estimate of drug-likeness (QED) is 0.393. The molecule has 3 unspecified atom stereocenters. The lowest BCUT2D eigenvalue weighted by molar-refractivity contribution is -0.132. The van der Waals surface area contributed by atoms with Crippen molar-refractivity contribution < 1.29 is 24.9 Å². The lowest BCUT2D eigenvalue weighted by Gasteiger charge is -2.15. The molecule has 2 rings (SSSR count). The minimum absolute atomic E-state index is 0.465. The number of epoxide rings is 1. The minimum atomic E-state index is -1.42. The molecule has 13 heavy (non-hydrogen) atoms. The summed E-state index contributed by atoms with van der Waals surface area (Å²) in [6, 6.07) is 0. The van der Waals surface area contributed by atoms with Gasteiger partial charge in [0.05, 0.1) is 5.71 Å². The number of nitrogens with one attached hydrogen (secondary N) is 1. The van der Waals surface area contributed by atoms with E-state index < -0.39 is 41.3 Å². The summed E-state index contributed by atoms with van der Waals surface area (Å²) in [7, 11) is 0. The molecule has 0 radical (unpaired) electrons. The van der Waals surface area contributed by atoms with Crippen molar-refractivity contribution in [2.75, 3.05) is 0 Å². The van der Waals surface area contributed by atoms with Gasteiger partial charge in [0.25, 0.3) is 0 Å². The van der Waals surface area contributed by atoms with Crippen molar-refractivity contribution in [3.05, 3.63) is 11.3 Å². The molecule has 3 atom stereocenters. The number of carbonyl (C=O) groups is 1. The third-order valence-corrected chi connectivity index (χ3v) is 2.14. The SMILES string of the molecule is N=C1C(C(=O)O)=C(O)C2OC2C1O. The monoisotopic (exact) mass is 185 g/mol. The standard InChI is InChI=1S/C7H7NO5/c8-2-1(7(11)12)3(9)5-6(13-5)4(2)10/h4-6,8-10H,(H,11,12). The maximum absolute atomic E-state index is 10.6. The first-order chi connectivity index (χ1) is 6.04. The number of aliphatic carboxylic acids is 1. The van der Waals surface area contributed by atoms with E-state index in [9.17, 15) is 15.0 Å². The van der Waals surface area contributed by atoms with Gasteiger partial charge in [0.1, 0.15) is 29.6 Å². The third-order valence-electron chi connectivity index (χ3n) is 2.14. The smallest absolute Gasteiger partial charge is 0.341 e. The first kappa shape index (κ1) is 8.21. The van der Waals surface area contributed by atoms with Gasteiger partial charge in [-0.3, -0.25) is 0 Å².